The fourth-order valence-corrected chi connectivity index (χ4v) is 1.81. The zero-order valence-corrected chi connectivity index (χ0v) is 12.2. The molecular formula is C14H18N2O5. The minimum Gasteiger partial charge on any atom is -0.481 e. The number of hydrogen-bond donors (Lipinski definition) is 2. The van der Waals surface area contributed by atoms with Gasteiger partial charge in [-0.1, -0.05) is 19.1 Å². The highest BCUT2D eigenvalue weighted by molar-refractivity contribution is 5.98. The normalized spacial score (nSPS) is 13.3. The average molecular weight is 294 g/mol. The molecule has 0 aromatic heterocycles. The Bertz CT molecular complexity index is 585. The van der Waals surface area contributed by atoms with Crippen molar-refractivity contribution in [1.82, 2.24) is 5.32 Å². The zero-order chi connectivity index (χ0) is 16.2. The van der Waals surface area contributed by atoms with E-state index in [0.717, 1.165) is 0 Å². The molecule has 0 aliphatic rings. The molecule has 1 unspecified atom stereocenters. The first kappa shape index (κ1) is 16.6. The number of amides is 1. The molecule has 1 aromatic rings. The first-order chi connectivity index (χ1) is 9.73. The number of nitro benzene ring substituents is 1. The molecule has 0 aliphatic heterocycles. The molecule has 7 heteroatoms. The number of para-hydroxylation sites is 1. The van der Waals surface area contributed by atoms with Crippen LogP contribution in [-0.4, -0.2) is 28.5 Å². The van der Waals surface area contributed by atoms with E-state index in [2.05, 4.69) is 5.32 Å². The maximum atomic E-state index is 12.1. The summed E-state index contributed by atoms with van der Waals surface area (Å²) in [4.78, 5) is 33.7. The van der Waals surface area contributed by atoms with E-state index in [1.54, 1.807) is 26.0 Å². The highest BCUT2D eigenvalue weighted by Crippen LogP contribution is 2.24. The second kappa shape index (κ2) is 6.34. The number of carboxylic acids is 1. The van der Waals surface area contributed by atoms with Crippen LogP contribution in [0.15, 0.2) is 18.2 Å². The molecule has 0 saturated carbocycles. The fraction of sp³-hybridized carbons (Fsp3) is 0.429. The molecule has 0 aliphatic carbocycles. The molecule has 7 nitrogen and oxygen atoms in total. The van der Waals surface area contributed by atoms with Gasteiger partial charge in [-0.2, -0.15) is 0 Å². The summed E-state index contributed by atoms with van der Waals surface area (Å²) in [5.41, 5.74) is -1.05. The number of nitrogens with one attached hydrogen (secondary N) is 1. The lowest BCUT2D eigenvalue weighted by atomic mass is 9.87. The van der Waals surface area contributed by atoms with Crippen LogP contribution in [0.1, 0.15) is 36.2 Å². The van der Waals surface area contributed by atoms with E-state index in [-0.39, 0.29) is 17.8 Å². The van der Waals surface area contributed by atoms with Crippen LogP contribution >= 0.6 is 0 Å². The molecule has 1 aromatic carbocycles. The quantitative estimate of drug-likeness (QED) is 0.617. The number of benzene rings is 1. The van der Waals surface area contributed by atoms with E-state index in [1.165, 1.54) is 13.0 Å². The van der Waals surface area contributed by atoms with Gasteiger partial charge < -0.3 is 10.4 Å². The first-order valence-electron chi connectivity index (χ1n) is 6.48. The maximum absolute atomic E-state index is 12.1. The van der Waals surface area contributed by atoms with Crippen LogP contribution in [0.4, 0.5) is 5.69 Å². The highest BCUT2D eigenvalue weighted by atomic mass is 16.6. The van der Waals surface area contributed by atoms with Crippen molar-refractivity contribution >= 4 is 17.6 Å². The summed E-state index contributed by atoms with van der Waals surface area (Å²) in [6, 6.07) is 4.44. The molecule has 0 saturated heterocycles. The van der Waals surface area contributed by atoms with Crippen LogP contribution in [0.2, 0.25) is 0 Å². The van der Waals surface area contributed by atoms with E-state index in [0.29, 0.717) is 12.0 Å². The number of carbonyl (C=O) groups is 2. The number of rotatable bonds is 6. The number of carboxylic acid groups (broad SMARTS) is 1. The molecule has 21 heavy (non-hydrogen) atoms. The Morgan fingerprint density at radius 1 is 1.43 bits per heavy atom. The molecule has 114 valence electrons. The Balaban J connectivity index is 2.99. The van der Waals surface area contributed by atoms with Gasteiger partial charge in [0.15, 0.2) is 0 Å². The number of hydrogen-bond acceptors (Lipinski definition) is 4. The minimum absolute atomic E-state index is 0.0659. The molecule has 0 spiro atoms. The van der Waals surface area contributed by atoms with E-state index in [4.69, 9.17) is 5.11 Å². The van der Waals surface area contributed by atoms with Crippen LogP contribution in [0.5, 0.6) is 0 Å². The van der Waals surface area contributed by atoms with Crippen LogP contribution in [0.25, 0.3) is 0 Å². The van der Waals surface area contributed by atoms with E-state index in [9.17, 15) is 19.7 Å². The Kier molecular flexibility index (Phi) is 5.02. The van der Waals surface area contributed by atoms with Gasteiger partial charge in [0, 0.05) is 12.1 Å². The summed E-state index contributed by atoms with van der Waals surface area (Å²) in [6.45, 7) is 4.67. The van der Waals surface area contributed by atoms with Crippen molar-refractivity contribution in [2.45, 2.75) is 27.2 Å². The van der Waals surface area contributed by atoms with Crippen LogP contribution in [0.3, 0.4) is 0 Å². The lowest BCUT2D eigenvalue weighted by Gasteiger charge is -2.23. The lowest BCUT2D eigenvalue weighted by Crippen LogP contribution is -2.40. The number of nitro groups is 1. The standard InChI is InChI=1S/C14H18N2O5/c1-4-14(3,13(18)19)8-15-12(17)10-7-5-6-9(2)11(10)16(20)21/h5-7H,4,8H2,1-3H3,(H,15,17)(H,18,19). The Labute approximate surface area is 122 Å². The molecule has 0 radical (unpaired) electrons. The van der Waals surface area contributed by atoms with Gasteiger partial charge >= 0.3 is 5.97 Å². The van der Waals surface area contributed by atoms with Crippen molar-refractivity contribution in [3.8, 4) is 0 Å². The van der Waals surface area contributed by atoms with Crippen molar-refractivity contribution in [1.29, 1.82) is 0 Å². The summed E-state index contributed by atoms with van der Waals surface area (Å²) in [6.07, 6.45) is 0.332. The van der Waals surface area contributed by atoms with Crippen molar-refractivity contribution < 1.29 is 19.6 Å². The van der Waals surface area contributed by atoms with Crippen molar-refractivity contribution in [3.63, 3.8) is 0 Å². The number of carbonyl (C=O) groups excluding carboxylic acids is 1. The largest absolute Gasteiger partial charge is 0.481 e. The summed E-state index contributed by atoms with van der Waals surface area (Å²) in [5.74, 6) is -1.67. The van der Waals surface area contributed by atoms with Crippen molar-refractivity contribution in [2.75, 3.05) is 6.54 Å². The molecular weight excluding hydrogens is 276 g/mol. The zero-order valence-electron chi connectivity index (χ0n) is 12.2. The van der Waals surface area contributed by atoms with Crippen LogP contribution in [0, 0.1) is 22.5 Å². The molecule has 1 amide bonds. The van der Waals surface area contributed by atoms with Gasteiger partial charge in [-0.15, -0.1) is 0 Å². The highest BCUT2D eigenvalue weighted by Gasteiger charge is 2.32. The van der Waals surface area contributed by atoms with Gasteiger partial charge in [-0.25, -0.2) is 0 Å². The Morgan fingerprint density at radius 2 is 2.05 bits per heavy atom. The van der Waals surface area contributed by atoms with Gasteiger partial charge in [-0.05, 0) is 26.3 Å². The molecule has 0 bridgehead atoms. The third-order valence-electron chi connectivity index (χ3n) is 3.60. The maximum Gasteiger partial charge on any atom is 0.311 e. The van der Waals surface area contributed by atoms with Gasteiger partial charge in [0.25, 0.3) is 11.6 Å². The Morgan fingerprint density at radius 3 is 2.52 bits per heavy atom. The van der Waals surface area contributed by atoms with Gasteiger partial charge in [0.05, 0.1) is 10.3 Å². The molecule has 2 N–H and O–H groups in total. The predicted molar refractivity (Wildman–Crippen MR) is 76.2 cm³/mol. The van der Waals surface area contributed by atoms with Gasteiger partial charge in [0.2, 0.25) is 0 Å². The van der Waals surface area contributed by atoms with E-state index in [1.807, 2.05) is 0 Å². The molecule has 0 fully saturated rings. The molecule has 0 heterocycles. The predicted octanol–water partition coefficient (Wildman–Crippen LogP) is 2.13. The topological polar surface area (TPSA) is 110 Å². The smallest absolute Gasteiger partial charge is 0.311 e. The first-order valence-corrected chi connectivity index (χ1v) is 6.48. The third kappa shape index (κ3) is 3.56. The summed E-state index contributed by atoms with van der Waals surface area (Å²) < 4.78 is 0. The second-order valence-corrected chi connectivity index (χ2v) is 5.13. The monoisotopic (exact) mass is 294 g/mol. The number of nitrogens with zero attached hydrogens (tertiary/aromatic N) is 1. The van der Waals surface area contributed by atoms with Crippen molar-refractivity contribution in [2.24, 2.45) is 5.41 Å². The fourth-order valence-electron chi connectivity index (χ4n) is 1.81. The average Bonchev–Trinajstić information content (AvgIpc) is 2.43. The lowest BCUT2D eigenvalue weighted by molar-refractivity contribution is -0.385. The number of aliphatic carboxylic acids is 1. The van der Waals surface area contributed by atoms with Crippen LogP contribution < -0.4 is 5.32 Å². The number of aryl methyl sites for hydroxylation is 1. The minimum atomic E-state index is -1.10. The SMILES string of the molecule is CCC(C)(CNC(=O)c1cccc(C)c1[N+](=O)[O-])C(=O)O. The summed E-state index contributed by atoms with van der Waals surface area (Å²) in [7, 11) is 0. The van der Waals surface area contributed by atoms with Gasteiger partial charge in [-0.3, -0.25) is 19.7 Å². The van der Waals surface area contributed by atoms with E-state index >= 15 is 0 Å². The molecule has 1 atom stereocenters. The second-order valence-electron chi connectivity index (χ2n) is 5.13. The third-order valence-corrected chi connectivity index (χ3v) is 3.60. The molecule has 1 rings (SSSR count). The Hall–Kier alpha value is -2.44. The van der Waals surface area contributed by atoms with Gasteiger partial charge in [0.1, 0.15) is 5.56 Å². The van der Waals surface area contributed by atoms with Crippen LogP contribution in [-0.2, 0) is 4.79 Å². The van der Waals surface area contributed by atoms with E-state index < -0.39 is 22.2 Å². The van der Waals surface area contributed by atoms with Crippen molar-refractivity contribution in [3.05, 3.63) is 39.4 Å². The summed E-state index contributed by atoms with van der Waals surface area (Å²) >= 11 is 0. The summed E-state index contributed by atoms with van der Waals surface area (Å²) in [5, 5.41) is 22.7.